The molecule has 2 aliphatic rings. The third-order valence-corrected chi connectivity index (χ3v) is 4.68. The molecular weight excluding hydrogens is 306 g/mol. The molecule has 2 aliphatic heterocycles. The van der Waals surface area contributed by atoms with Gasteiger partial charge in [0.2, 0.25) is 0 Å². The van der Waals surface area contributed by atoms with Crippen LogP contribution in [0.2, 0.25) is 0 Å². The maximum atomic E-state index is 12.1. The van der Waals surface area contributed by atoms with Gasteiger partial charge in [0.05, 0.1) is 24.8 Å². The van der Waals surface area contributed by atoms with E-state index in [1.807, 2.05) is 18.2 Å². The number of ether oxygens (including phenoxy) is 1. The highest BCUT2D eigenvalue weighted by Crippen LogP contribution is 2.34. The standard InChI is InChI=1S/C17H21N5O2/c23-17(21-15-7-14-4-5-16(15)24-14)19-8-12-2-1-3-13(6-12)9-22-11-18-10-20-22/h1-3,6,10-11,14-16H,4-5,7-9H2,(H2,19,21,23). The summed E-state index contributed by atoms with van der Waals surface area (Å²) < 4.78 is 7.53. The van der Waals surface area contributed by atoms with E-state index in [4.69, 9.17) is 4.74 Å². The lowest BCUT2D eigenvalue weighted by atomic mass is 9.96. The average molecular weight is 327 g/mol. The van der Waals surface area contributed by atoms with E-state index in [0.717, 1.165) is 30.4 Å². The van der Waals surface area contributed by atoms with Crippen molar-refractivity contribution in [3.8, 4) is 0 Å². The van der Waals surface area contributed by atoms with E-state index in [9.17, 15) is 4.79 Å². The summed E-state index contributed by atoms with van der Waals surface area (Å²) in [5, 5.41) is 10.1. The van der Waals surface area contributed by atoms with Crippen molar-refractivity contribution in [1.82, 2.24) is 25.4 Å². The van der Waals surface area contributed by atoms with Crippen LogP contribution in [-0.2, 0) is 17.8 Å². The van der Waals surface area contributed by atoms with Crippen molar-refractivity contribution in [2.24, 2.45) is 0 Å². The molecule has 7 nitrogen and oxygen atoms in total. The minimum atomic E-state index is -0.127. The molecule has 0 radical (unpaired) electrons. The number of carbonyl (C=O) groups is 1. The van der Waals surface area contributed by atoms with Gasteiger partial charge in [-0.05, 0) is 30.4 Å². The van der Waals surface area contributed by atoms with E-state index in [-0.39, 0.29) is 18.2 Å². The Balaban J connectivity index is 1.28. The van der Waals surface area contributed by atoms with E-state index >= 15 is 0 Å². The Hall–Kier alpha value is -2.41. The Bertz CT molecular complexity index is 703. The molecule has 7 heteroatoms. The summed E-state index contributed by atoms with van der Waals surface area (Å²) in [7, 11) is 0. The Morgan fingerprint density at radius 2 is 2.25 bits per heavy atom. The van der Waals surface area contributed by atoms with Crippen LogP contribution in [-0.4, -0.2) is 39.0 Å². The smallest absolute Gasteiger partial charge is 0.315 e. The fraction of sp³-hybridized carbons (Fsp3) is 0.471. The van der Waals surface area contributed by atoms with Crippen LogP contribution >= 0.6 is 0 Å². The van der Waals surface area contributed by atoms with E-state index in [1.165, 1.54) is 6.33 Å². The van der Waals surface area contributed by atoms with Gasteiger partial charge in [-0.2, -0.15) is 5.10 Å². The Morgan fingerprint density at radius 1 is 1.33 bits per heavy atom. The van der Waals surface area contributed by atoms with Crippen molar-refractivity contribution in [1.29, 1.82) is 0 Å². The normalized spacial score (nSPS) is 24.9. The summed E-state index contributed by atoms with van der Waals surface area (Å²) >= 11 is 0. The number of urea groups is 1. The molecule has 24 heavy (non-hydrogen) atoms. The summed E-state index contributed by atoms with van der Waals surface area (Å²) in [5.74, 6) is 0. The van der Waals surface area contributed by atoms with Gasteiger partial charge < -0.3 is 15.4 Å². The number of hydrogen-bond acceptors (Lipinski definition) is 4. The van der Waals surface area contributed by atoms with E-state index < -0.39 is 0 Å². The second-order valence-electron chi connectivity index (χ2n) is 6.46. The molecule has 1 aromatic heterocycles. The van der Waals surface area contributed by atoms with Crippen LogP contribution < -0.4 is 10.6 Å². The summed E-state index contributed by atoms with van der Waals surface area (Å²) in [6.45, 7) is 1.17. The molecule has 126 valence electrons. The zero-order valence-corrected chi connectivity index (χ0v) is 13.4. The molecule has 4 rings (SSSR count). The Morgan fingerprint density at radius 3 is 3.00 bits per heavy atom. The maximum absolute atomic E-state index is 12.1. The number of amides is 2. The number of nitrogens with one attached hydrogen (secondary N) is 2. The Kier molecular flexibility index (Phi) is 4.17. The highest BCUT2D eigenvalue weighted by Gasteiger charge is 2.41. The number of hydrogen-bond donors (Lipinski definition) is 2. The van der Waals surface area contributed by atoms with Crippen molar-refractivity contribution >= 4 is 6.03 Å². The lowest BCUT2D eigenvalue weighted by Gasteiger charge is -2.20. The predicted molar refractivity (Wildman–Crippen MR) is 87.2 cm³/mol. The average Bonchev–Trinajstić information content (AvgIpc) is 3.31. The molecule has 0 aliphatic carbocycles. The second kappa shape index (κ2) is 6.60. The highest BCUT2D eigenvalue weighted by atomic mass is 16.5. The largest absolute Gasteiger partial charge is 0.373 e. The number of nitrogens with zero attached hydrogens (tertiary/aromatic N) is 3. The predicted octanol–water partition coefficient (Wildman–Crippen LogP) is 1.45. The fourth-order valence-electron chi connectivity index (χ4n) is 3.53. The minimum Gasteiger partial charge on any atom is -0.373 e. The topological polar surface area (TPSA) is 81.1 Å². The highest BCUT2D eigenvalue weighted by molar-refractivity contribution is 5.74. The number of aromatic nitrogens is 3. The molecule has 2 N–H and O–H groups in total. The summed E-state index contributed by atoms with van der Waals surface area (Å²) in [6.07, 6.45) is 6.87. The quantitative estimate of drug-likeness (QED) is 0.871. The molecule has 2 saturated heterocycles. The van der Waals surface area contributed by atoms with Crippen molar-refractivity contribution in [2.45, 2.75) is 50.6 Å². The first kappa shape index (κ1) is 15.1. The molecule has 1 aromatic carbocycles. The van der Waals surface area contributed by atoms with Gasteiger partial charge in [-0.25, -0.2) is 14.5 Å². The van der Waals surface area contributed by atoms with E-state index in [0.29, 0.717) is 19.2 Å². The number of fused-ring (bicyclic) bond motifs is 2. The molecule has 3 atom stereocenters. The van der Waals surface area contributed by atoms with Crippen LogP contribution in [0.5, 0.6) is 0 Å². The van der Waals surface area contributed by atoms with Gasteiger partial charge in [-0.15, -0.1) is 0 Å². The summed E-state index contributed by atoms with van der Waals surface area (Å²) in [5.41, 5.74) is 2.19. The van der Waals surface area contributed by atoms with Crippen molar-refractivity contribution in [3.63, 3.8) is 0 Å². The number of rotatable bonds is 5. The molecule has 2 fully saturated rings. The lowest BCUT2D eigenvalue weighted by molar-refractivity contribution is 0.0981. The minimum absolute atomic E-state index is 0.127. The Labute approximate surface area is 140 Å². The van der Waals surface area contributed by atoms with Crippen molar-refractivity contribution < 1.29 is 9.53 Å². The molecule has 2 amide bonds. The first-order chi connectivity index (χ1) is 11.8. The monoisotopic (exact) mass is 327 g/mol. The van der Waals surface area contributed by atoms with Crippen LogP contribution in [0.3, 0.4) is 0 Å². The van der Waals surface area contributed by atoms with Gasteiger partial charge in [0.1, 0.15) is 12.7 Å². The molecule has 0 spiro atoms. The molecule has 0 saturated carbocycles. The van der Waals surface area contributed by atoms with Gasteiger partial charge in [-0.3, -0.25) is 0 Å². The molecule has 3 unspecified atom stereocenters. The lowest BCUT2D eigenvalue weighted by Crippen LogP contribution is -2.46. The third kappa shape index (κ3) is 3.41. The van der Waals surface area contributed by atoms with Crippen LogP contribution in [0.4, 0.5) is 4.79 Å². The van der Waals surface area contributed by atoms with Crippen LogP contribution in [0.15, 0.2) is 36.9 Å². The van der Waals surface area contributed by atoms with Crippen molar-refractivity contribution in [3.05, 3.63) is 48.0 Å². The number of carbonyl (C=O) groups excluding carboxylic acids is 1. The van der Waals surface area contributed by atoms with Crippen LogP contribution in [0.1, 0.15) is 30.4 Å². The zero-order chi connectivity index (χ0) is 16.4. The van der Waals surface area contributed by atoms with Gasteiger partial charge in [0.15, 0.2) is 0 Å². The first-order valence-electron chi connectivity index (χ1n) is 8.36. The molecular formula is C17H21N5O2. The summed E-state index contributed by atoms with van der Waals surface area (Å²) in [6, 6.07) is 8.14. The number of benzene rings is 1. The first-order valence-corrected chi connectivity index (χ1v) is 8.36. The second-order valence-corrected chi connectivity index (χ2v) is 6.46. The zero-order valence-electron chi connectivity index (χ0n) is 13.4. The van der Waals surface area contributed by atoms with E-state index in [1.54, 1.807) is 11.0 Å². The van der Waals surface area contributed by atoms with Gasteiger partial charge in [-0.1, -0.05) is 24.3 Å². The summed E-state index contributed by atoms with van der Waals surface area (Å²) in [4.78, 5) is 16.0. The van der Waals surface area contributed by atoms with Crippen molar-refractivity contribution in [2.75, 3.05) is 0 Å². The van der Waals surface area contributed by atoms with Crippen LogP contribution in [0, 0.1) is 0 Å². The van der Waals surface area contributed by atoms with Crippen LogP contribution in [0.25, 0.3) is 0 Å². The van der Waals surface area contributed by atoms with Gasteiger partial charge >= 0.3 is 6.03 Å². The fourth-order valence-corrected chi connectivity index (χ4v) is 3.53. The third-order valence-electron chi connectivity index (χ3n) is 4.68. The molecule has 2 bridgehead atoms. The van der Waals surface area contributed by atoms with Gasteiger partial charge in [0.25, 0.3) is 0 Å². The molecule has 2 aromatic rings. The van der Waals surface area contributed by atoms with Gasteiger partial charge in [0, 0.05) is 6.54 Å². The SMILES string of the molecule is O=C(NCc1cccc(Cn2cncn2)c1)NC1CC2CCC1O2. The molecule has 3 heterocycles. The maximum Gasteiger partial charge on any atom is 0.315 e. The van der Waals surface area contributed by atoms with E-state index in [2.05, 4.69) is 26.8 Å².